The molecule has 0 aliphatic carbocycles. The van der Waals surface area contributed by atoms with Gasteiger partial charge >= 0.3 is 11.9 Å². The van der Waals surface area contributed by atoms with Gasteiger partial charge in [0.05, 0.1) is 35.9 Å². The lowest BCUT2D eigenvalue weighted by atomic mass is 10.1. The molecule has 140 valence electrons. The standard InChI is InChI=1S/C18H22N2O5S/c1-5-25-15(21)10-26-18-19-14-8-12(17(23)24-4)6-7-13(14)16(22)20(18)9-11(2)3/h6-8,11H,5,9-10H2,1-4H3. The molecule has 0 spiro atoms. The maximum Gasteiger partial charge on any atom is 0.337 e. The Morgan fingerprint density at radius 2 is 2.04 bits per heavy atom. The molecule has 0 saturated heterocycles. The van der Waals surface area contributed by atoms with Crippen LogP contribution in [0.1, 0.15) is 31.1 Å². The van der Waals surface area contributed by atoms with E-state index in [0.717, 1.165) is 11.8 Å². The summed E-state index contributed by atoms with van der Waals surface area (Å²) in [6.07, 6.45) is 0. The second-order valence-corrected chi connectivity index (χ2v) is 6.96. The van der Waals surface area contributed by atoms with Gasteiger partial charge in [0, 0.05) is 6.54 Å². The van der Waals surface area contributed by atoms with Gasteiger partial charge in [-0.15, -0.1) is 0 Å². The van der Waals surface area contributed by atoms with E-state index < -0.39 is 5.97 Å². The van der Waals surface area contributed by atoms with Crippen LogP contribution in [0.15, 0.2) is 28.2 Å². The van der Waals surface area contributed by atoms with Crippen molar-refractivity contribution in [2.24, 2.45) is 5.92 Å². The number of rotatable bonds is 7. The average Bonchev–Trinajstić information content (AvgIpc) is 2.61. The van der Waals surface area contributed by atoms with Crippen molar-refractivity contribution < 1.29 is 19.1 Å². The Balaban J connectivity index is 2.52. The third-order valence-electron chi connectivity index (χ3n) is 3.51. The normalized spacial score (nSPS) is 11.0. The van der Waals surface area contributed by atoms with Gasteiger partial charge in [0.2, 0.25) is 0 Å². The first-order valence-electron chi connectivity index (χ1n) is 8.28. The van der Waals surface area contributed by atoms with Gasteiger partial charge in [-0.25, -0.2) is 9.78 Å². The lowest BCUT2D eigenvalue weighted by Gasteiger charge is -2.15. The van der Waals surface area contributed by atoms with Crippen LogP contribution in [0.5, 0.6) is 0 Å². The average molecular weight is 378 g/mol. The molecule has 2 aromatic rings. The van der Waals surface area contributed by atoms with Gasteiger partial charge in [-0.1, -0.05) is 25.6 Å². The number of carbonyl (C=O) groups excluding carboxylic acids is 2. The Morgan fingerprint density at radius 1 is 1.31 bits per heavy atom. The van der Waals surface area contributed by atoms with E-state index >= 15 is 0 Å². The largest absolute Gasteiger partial charge is 0.465 e. The summed E-state index contributed by atoms with van der Waals surface area (Å²) < 4.78 is 11.2. The summed E-state index contributed by atoms with van der Waals surface area (Å²) in [5.74, 6) is -0.587. The minimum Gasteiger partial charge on any atom is -0.465 e. The van der Waals surface area contributed by atoms with E-state index in [1.807, 2.05) is 13.8 Å². The molecule has 7 nitrogen and oxygen atoms in total. The van der Waals surface area contributed by atoms with Crippen LogP contribution in [0, 0.1) is 5.92 Å². The molecule has 0 radical (unpaired) electrons. The summed E-state index contributed by atoms with van der Waals surface area (Å²) in [4.78, 5) is 40.8. The highest BCUT2D eigenvalue weighted by Gasteiger charge is 2.16. The van der Waals surface area contributed by atoms with Crippen LogP contribution in [0.4, 0.5) is 0 Å². The van der Waals surface area contributed by atoms with Crippen molar-refractivity contribution in [1.29, 1.82) is 0 Å². The molecular formula is C18H22N2O5S. The number of methoxy groups -OCH3 is 1. The number of ether oxygens (including phenoxy) is 2. The summed E-state index contributed by atoms with van der Waals surface area (Å²) in [6, 6.07) is 4.65. The van der Waals surface area contributed by atoms with Gasteiger partial charge < -0.3 is 9.47 Å². The Labute approximate surface area is 155 Å². The molecule has 0 saturated carbocycles. The van der Waals surface area contributed by atoms with E-state index in [0.29, 0.717) is 34.8 Å². The second-order valence-electron chi connectivity index (χ2n) is 6.02. The summed E-state index contributed by atoms with van der Waals surface area (Å²) >= 11 is 1.15. The highest BCUT2D eigenvalue weighted by molar-refractivity contribution is 7.99. The summed E-state index contributed by atoms with van der Waals surface area (Å²) in [6.45, 7) is 6.50. The van der Waals surface area contributed by atoms with Crippen LogP contribution in [0.25, 0.3) is 10.9 Å². The minimum atomic E-state index is -0.499. The SMILES string of the molecule is CCOC(=O)CSc1nc2cc(C(=O)OC)ccc2c(=O)n1CC(C)C. The molecule has 0 atom stereocenters. The monoisotopic (exact) mass is 378 g/mol. The Morgan fingerprint density at radius 3 is 2.65 bits per heavy atom. The van der Waals surface area contributed by atoms with E-state index in [1.165, 1.54) is 13.2 Å². The van der Waals surface area contributed by atoms with Gasteiger partial charge in [0.25, 0.3) is 5.56 Å². The highest BCUT2D eigenvalue weighted by atomic mass is 32.2. The second kappa shape index (κ2) is 8.84. The van der Waals surface area contributed by atoms with Crippen molar-refractivity contribution in [2.75, 3.05) is 19.5 Å². The lowest BCUT2D eigenvalue weighted by molar-refractivity contribution is -0.139. The fraction of sp³-hybridized carbons (Fsp3) is 0.444. The summed E-state index contributed by atoms with van der Waals surface area (Å²) in [5, 5.41) is 0.838. The van der Waals surface area contributed by atoms with Crippen molar-refractivity contribution >= 4 is 34.6 Å². The summed E-state index contributed by atoms with van der Waals surface area (Å²) in [5.41, 5.74) is 0.505. The Bertz CT molecular complexity index is 876. The number of benzene rings is 1. The molecule has 1 heterocycles. The van der Waals surface area contributed by atoms with Crippen molar-refractivity contribution in [3.05, 3.63) is 34.1 Å². The zero-order chi connectivity index (χ0) is 19.3. The fourth-order valence-corrected chi connectivity index (χ4v) is 3.21. The first kappa shape index (κ1) is 20.0. The maximum absolute atomic E-state index is 12.9. The third kappa shape index (κ3) is 4.63. The number of thioether (sulfide) groups is 1. The molecule has 0 amide bonds. The molecule has 2 rings (SSSR count). The Kier molecular flexibility index (Phi) is 6.79. The van der Waals surface area contributed by atoms with Crippen LogP contribution in [-0.2, 0) is 20.8 Å². The number of nitrogens with zero attached hydrogens (tertiary/aromatic N) is 2. The minimum absolute atomic E-state index is 0.0561. The van der Waals surface area contributed by atoms with Crippen LogP contribution in [0.2, 0.25) is 0 Å². The smallest absolute Gasteiger partial charge is 0.337 e. The van der Waals surface area contributed by atoms with Crippen molar-refractivity contribution in [1.82, 2.24) is 9.55 Å². The summed E-state index contributed by atoms with van der Waals surface area (Å²) in [7, 11) is 1.29. The van der Waals surface area contributed by atoms with E-state index in [2.05, 4.69) is 4.98 Å². The van der Waals surface area contributed by atoms with Crippen LogP contribution in [-0.4, -0.2) is 41.0 Å². The first-order chi connectivity index (χ1) is 12.4. The van der Waals surface area contributed by atoms with Crippen molar-refractivity contribution in [3.63, 3.8) is 0 Å². The molecule has 1 aromatic heterocycles. The first-order valence-corrected chi connectivity index (χ1v) is 9.27. The number of fused-ring (bicyclic) bond motifs is 1. The molecule has 0 aliphatic rings. The van der Waals surface area contributed by atoms with E-state index in [-0.39, 0.29) is 23.2 Å². The van der Waals surface area contributed by atoms with Gasteiger partial charge in [-0.3, -0.25) is 14.2 Å². The Hall–Kier alpha value is -2.35. The van der Waals surface area contributed by atoms with Crippen molar-refractivity contribution in [3.8, 4) is 0 Å². The number of carbonyl (C=O) groups is 2. The third-order valence-corrected chi connectivity index (χ3v) is 4.46. The molecule has 0 aliphatic heterocycles. The molecule has 0 N–H and O–H groups in total. The van der Waals surface area contributed by atoms with E-state index in [4.69, 9.17) is 9.47 Å². The highest BCUT2D eigenvalue weighted by Crippen LogP contribution is 2.20. The van der Waals surface area contributed by atoms with Gasteiger partial charge in [0.1, 0.15) is 0 Å². The van der Waals surface area contributed by atoms with Crippen LogP contribution < -0.4 is 5.56 Å². The number of hydrogen-bond donors (Lipinski definition) is 0. The quantitative estimate of drug-likeness (QED) is 0.415. The molecule has 26 heavy (non-hydrogen) atoms. The number of aromatic nitrogens is 2. The van der Waals surface area contributed by atoms with Crippen LogP contribution in [0.3, 0.4) is 0 Å². The topological polar surface area (TPSA) is 87.5 Å². The molecule has 1 aromatic carbocycles. The fourth-order valence-electron chi connectivity index (χ4n) is 2.41. The molecule has 8 heteroatoms. The van der Waals surface area contributed by atoms with Crippen LogP contribution >= 0.6 is 11.8 Å². The zero-order valence-electron chi connectivity index (χ0n) is 15.3. The van der Waals surface area contributed by atoms with Gasteiger partial charge in [-0.05, 0) is 31.0 Å². The lowest BCUT2D eigenvalue weighted by Crippen LogP contribution is -2.26. The molecular weight excluding hydrogens is 356 g/mol. The molecule has 0 unspecified atom stereocenters. The van der Waals surface area contributed by atoms with E-state index in [1.54, 1.807) is 23.6 Å². The van der Waals surface area contributed by atoms with Gasteiger partial charge in [0.15, 0.2) is 5.16 Å². The van der Waals surface area contributed by atoms with E-state index in [9.17, 15) is 14.4 Å². The van der Waals surface area contributed by atoms with Crippen molar-refractivity contribution in [2.45, 2.75) is 32.5 Å². The van der Waals surface area contributed by atoms with Gasteiger partial charge in [-0.2, -0.15) is 0 Å². The molecule has 0 fully saturated rings. The number of esters is 2. The maximum atomic E-state index is 12.9. The number of hydrogen-bond acceptors (Lipinski definition) is 7. The molecule has 0 bridgehead atoms. The predicted octanol–water partition coefficient (Wildman–Crippen LogP) is 2.49. The zero-order valence-corrected chi connectivity index (χ0v) is 16.1. The predicted molar refractivity (Wildman–Crippen MR) is 99.5 cm³/mol.